The Kier molecular flexibility index (Phi) is 6.36. The van der Waals surface area contributed by atoms with Gasteiger partial charge >= 0.3 is 0 Å². The SMILES string of the molecule is CN(Cc1ccccn1)C1CCCN(Cc2cccc(C(N)=O)c2)CC1. The lowest BCUT2D eigenvalue weighted by molar-refractivity contribution is 0.1000. The third kappa shape index (κ3) is 5.13. The highest BCUT2D eigenvalue weighted by Crippen LogP contribution is 2.19. The van der Waals surface area contributed by atoms with E-state index in [1.165, 1.54) is 12.8 Å². The molecule has 2 heterocycles. The molecule has 0 aliphatic carbocycles. The summed E-state index contributed by atoms with van der Waals surface area (Å²) < 4.78 is 0. The Hall–Kier alpha value is -2.24. The molecule has 5 nitrogen and oxygen atoms in total. The van der Waals surface area contributed by atoms with Crippen molar-refractivity contribution in [3.05, 3.63) is 65.5 Å². The molecular weight excluding hydrogens is 324 g/mol. The molecule has 2 aromatic rings. The van der Waals surface area contributed by atoms with E-state index in [4.69, 9.17) is 5.73 Å². The third-order valence-electron chi connectivity index (χ3n) is 5.17. The minimum absolute atomic E-state index is 0.362. The Balaban J connectivity index is 1.54. The van der Waals surface area contributed by atoms with E-state index in [9.17, 15) is 4.79 Å². The first-order valence-corrected chi connectivity index (χ1v) is 9.33. The van der Waals surface area contributed by atoms with Gasteiger partial charge < -0.3 is 5.73 Å². The van der Waals surface area contributed by atoms with Gasteiger partial charge in [-0.1, -0.05) is 18.2 Å². The predicted molar refractivity (Wildman–Crippen MR) is 104 cm³/mol. The lowest BCUT2D eigenvalue weighted by Crippen LogP contribution is -2.32. The van der Waals surface area contributed by atoms with Crippen molar-refractivity contribution in [2.45, 2.75) is 38.4 Å². The zero-order valence-corrected chi connectivity index (χ0v) is 15.5. The highest BCUT2D eigenvalue weighted by Gasteiger charge is 2.21. The summed E-state index contributed by atoms with van der Waals surface area (Å²) >= 11 is 0. The zero-order chi connectivity index (χ0) is 18.4. The molecule has 26 heavy (non-hydrogen) atoms. The summed E-state index contributed by atoms with van der Waals surface area (Å²) in [6, 6.07) is 14.4. The van der Waals surface area contributed by atoms with Crippen molar-refractivity contribution < 1.29 is 4.79 Å². The summed E-state index contributed by atoms with van der Waals surface area (Å²) in [5, 5.41) is 0. The Morgan fingerprint density at radius 1 is 1.23 bits per heavy atom. The third-order valence-corrected chi connectivity index (χ3v) is 5.17. The first-order valence-electron chi connectivity index (χ1n) is 9.33. The maximum Gasteiger partial charge on any atom is 0.248 e. The molecule has 2 N–H and O–H groups in total. The summed E-state index contributed by atoms with van der Waals surface area (Å²) in [6.07, 6.45) is 5.41. The maximum atomic E-state index is 11.4. The highest BCUT2D eigenvalue weighted by atomic mass is 16.1. The van der Waals surface area contributed by atoms with E-state index < -0.39 is 0 Å². The molecular formula is C21H28N4O. The number of carbonyl (C=O) groups is 1. The van der Waals surface area contributed by atoms with Crippen molar-refractivity contribution in [1.82, 2.24) is 14.8 Å². The van der Waals surface area contributed by atoms with Crippen LogP contribution in [0.1, 0.15) is 40.9 Å². The molecule has 1 amide bonds. The van der Waals surface area contributed by atoms with Gasteiger partial charge in [-0.3, -0.25) is 19.6 Å². The topological polar surface area (TPSA) is 62.5 Å². The second-order valence-corrected chi connectivity index (χ2v) is 7.16. The Morgan fingerprint density at radius 2 is 2.12 bits per heavy atom. The van der Waals surface area contributed by atoms with Crippen molar-refractivity contribution in [2.24, 2.45) is 5.73 Å². The van der Waals surface area contributed by atoms with Gasteiger partial charge in [0.15, 0.2) is 0 Å². The summed E-state index contributed by atoms with van der Waals surface area (Å²) in [5.74, 6) is -0.362. The van der Waals surface area contributed by atoms with Crippen LogP contribution in [0.5, 0.6) is 0 Å². The van der Waals surface area contributed by atoms with Crippen LogP contribution in [0.25, 0.3) is 0 Å². The van der Waals surface area contributed by atoms with Crippen molar-refractivity contribution in [3.8, 4) is 0 Å². The van der Waals surface area contributed by atoms with Crippen LogP contribution in [-0.4, -0.2) is 46.9 Å². The van der Waals surface area contributed by atoms with Gasteiger partial charge in [0, 0.05) is 30.9 Å². The van der Waals surface area contributed by atoms with Crippen molar-refractivity contribution in [1.29, 1.82) is 0 Å². The average Bonchev–Trinajstić information content (AvgIpc) is 2.88. The van der Waals surface area contributed by atoms with E-state index in [2.05, 4.69) is 34.0 Å². The molecule has 1 aromatic heterocycles. The molecule has 3 rings (SSSR count). The molecule has 1 aromatic carbocycles. The van der Waals surface area contributed by atoms with Gasteiger partial charge in [0.05, 0.1) is 5.69 Å². The molecule has 5 heteroatoms. The predicted octanol–water partition coefficient (Wildman–Crippen LogP) is 2.67. The average molecular weight is 352 g/mol. The number of benzene rings is 1. The number of pyridine rings is 1. The van der Waals surface area contributed by atoms with E-state index in [1.54, 1.807) is 6.07 Å². The van der Waals surface area contributed by atoms with Gasteiger partial charge in [-0.25, -0.2) is 0 Å². The number of rotatable bonds is 6. The number of likely N-dealkylation sites (tertiary alicyclic amines) is 1. The van der Waals surface area contributed by atoms with E-state index >= 15 is 0 Å². The van der Waals surface area contributed by atoms with Gasteiger partial charge in [0.25, 0.3) is 0 Å². The smallest absolute Gasteiger partial charge is 0.248 e. The minimum Gasteiger partial charge on any atom is -0.366 e. The minimum atomic E-state index is -0.362. The van der Waals surface area contributed by atoms with Crippen LogP contribution in [-0.2, 0) is 13.1 Å². The quantitative estimate of drug-likeness (QED) is 0.868. The standard InChI is InChI=1S/C21H28N4O/c1-24(16-19-8-2-3-11-23-19)20-9-5-12-25(13-10-20)15-17-6-4-7-18(14-17)21(22)26/h2-4,6-8,11,14,20H,5,9-10,12-13,15-16H2,1H3,(H2,22,26). The molecule has 1 unspecified atom stereocenters. The van der Waals surface area contributed by atoms with Gasteiger partial charge in [0.1, 0.15) is 0 Å². The van der Waals surface area contributed by atoms with E-state index in [1.807, 2.05) is 30.5 Å². The summed E-state index contributed by atoms with van der Waals surface area (Å²) in [5.41, 5.74) is 8.26. The Bertz CT molecular complexity index is 719. The maximum absolute atomic E-state index is 11.4. The molecule has 138 valence electrons. The van der Waals surface area contributed by atoms with Crippen LogP contribution in [0, 0.1) is 0 Å². The largest absolute Gasteiger partial charge is 0.366 e. The first kappa shape index (κ1) is 18.5. The number of nitrogens with two attached hydrogens (primary N) is 1. The molecule has 1 aliphatic heterocycles. The van der Waals surface area contributed by atoms with E-state index in [-0.39, 0.29) is 5.91 Å². The molecule has 1 fully saturated rings. The fourth-order valence-corrected chi connectivity index (χ4v) is 3.69. The summed E-state index contributed by atoms with van der Waals surface area (Å²) in [6.45, 7) is 3.93. The number of amides is 1. The number of hydrogen-bond donors (Lipinski definition) is 1. The van der Waals surface area contributed by atoms with Crippen LogP contribution < -0.4 is 5.73 Å². The molecule has 1 saturated heterocycles. The number of carbonyl (C=O) groups excluding carboxylic acids is 1. The Labute approximate surface area is 155 Å². The lowest BCUT2D eigenvalue weighted by atomic mass is 10.1. The summed E-state index contributed by atoms with van der Waals surface area (Å²) in [7, 11) is 2.20. The van der Waals surface area contributed by atoms with Gasteiger partial charge in [0.2, 0.25) is 5.91 Å². The number of nitrogens with zero attached hydrogens (tertiary/aromatic N) is 3. The molecule has 1 aliphatic rings. The van der Waals surface area contributed by atoms with Gasteiger partial charge in [-0.05, 0) is 69.2 Å². The van der Waals surface area contributed by atoms with Crippen LogP contribution >= 0.6 is 0 Å². The highest BCUT2D eigenvalue weighted by molar-refractivity contribution is 5.92. The molecule has 1 atom stereocenters. The van der Waals surface area contributed by atoms with Gasteiger partial charge in [-0.15, -0.1) is 0 Å². The van der Waals surface area contributed by atoms with Crippen LogP contribution in [0.3, 0.4) is 0 Å². The first-order chi connectivity index (χ1) is 12.6. The Morgan fingerprint density at radius 3 is 2.88 bits per heavy atom. The number of hydrogen-bond acceptors (Lipinski definition) is 4. The normalized spacial score (nSPS) is 18.6. The van der Waals surface area contributed by atoms with Crippen LogP contribution in [0.2, 0.25) is 0 Å². The fourth-order valence-electron chi connectivity index (χ4n) is 3.69. The van der Waals surface area contributed by atoms with E-state index in [0.717, 1.165) is 43.9 Å². The number of primary amides is 1. The van der Waals surface area contributed by atoms with Crippen LogP contribution in [0.4, 0.5) is 0 Å². The van der Waals surface area contributed by atoms with Crippen molar-refractivity contribution >= 4 is 5.91 Å². The molecule has 0 spiro atoms. The summed E-state index contributed by atoms with van der Waals surface area (Å²) in [4.78, 5) is 20.7. The second-order valence-electron chi connectivity index (χ2n) is 7.16. The lowest BCUT2D eigenvalue weighted by Gasteiger charge is -2.27. The fraction of sp³-hybridized carbons (Fsp3) is 0.429. The molecule has 0 saturated carbocycles. The molecule has 0 bridgehead atoms. The second kappa shape index (κ2) is 8.92. The number of aromatic nitrogens is 1. The molecule has 0 radical (unpaired) electrons. The van der Waals surface area contributed by atoms with Crippen LogP contribution in [0.15, 0.2) is 48.7 Å². The van der Waals surface area contributed by atoms with Crippen molar-refractivity contribution in [3.63, 3.8) is 0 Å². The zero-order valence-electron chi connectivity index (χ0n) is 15.5. The van der Waals surface area contributed by atoms with Gasteiger partial charge in [-0.2, -0.15) is 0 Å². The van der Waals surface area contributed by atoms with Crippen molar-refractivity contribution in [2.75, 3.05) is 20.1 Å². The van der Waals surface area contributed by atoms with E-state index in [0.29, 0.717) is 11.6 Å². The monoisotopic (exact) mass is 352 g/mol.